The summed E-state index contributed by atoms with van der Waals surface area (Å²) < 4.78 is 1.17. The number of hydrogen-bond donors (Lipinski definition) is 1. The van der Waals surface area contributed by atoms with Crippen LogP contribution in [0.4, 0.5) is 0 Å². The molecule has 2 aromatic rings. The molecule has 96 valence electrons. The third kappa shape index (κ3) is 3.07. The fraction of sp³-hybridized carbons (Fsp3) is 0.286. The molecular formula is C14H15ClINS. The summed E-state index contributed by atoms with van der Waals surface area (Å²) in [6.45, 7) is 2.19. The van der Waals surface area contributed by atoms with Crippen LogP contribution >= 0.6 is 45.5 Å². The lowest BCUT2D eigenvalue weighted by Gasteiger charge is -2.10. The van der Waals surface area contributed by atoms with E-state index in [1.54, 1.807) is 0 Å². The van der Waals surface area contributed by atoms with Gasteiger partial charge in [0.2, 0.25) is 0 Å². The van der Waals surface area contributed by atoms with Gasteiger partial charge in [-0.25, -0.2) is 0 Å². The van der Waals surface area contributed by atoms with Gasteiger partial charge in [0.15, 0.2) is 0 Å². The molecule has 1 heterocycles. The van der Waals surface area contributed by atoms with Crippen molar-refractivity contribution in [2.45, 2.75) is 19.4 Å². The number of halogens is 2. The molecule has 0 radical (unpaired) electrons. The van der Waals surface area contributed by atoms with Crippen molar-refractivity contribution in [3.63, 3.8) is 0 Å². The van der Waals surface area contributed by atoms with Gasteiger partial charge in [0, 0.05) is 24.9 Å². The molecule has 0 aliphatic rings. The van der Waals surface area contributed by atoms with E-state index in [0.717, 1.165) is 17.0 Å². The lowest BCUT2D eigenvalue weighted by atomic mass is 10.1. The number of thiophene rings is 1. The molecule has 1 N–H and O–H groups in total. The summed E-state index contributed by atoms with van der Waals surface area (Å²) in [7, 11) is 2.01. The molecule has 1 aromatic heterocycles. The summed E-state index contributed by atoms with van der Waals surface area (Å²) in [4.78, 5) is 2.60. The van der Waals surface area contributed by atoms with Crippen LogP contribution in [0.1, 0.15) is 24.3 Å². The average molecular weight is 392 g/mol. The molecule has 2 rings (SSSR count). The van der Waals surface area contributed by atoms with Gasteiger partial charge < -0.3 is 5.32 Å². The highest BCUT2D eigenvalue weighted by atomic mass is 127. The molecule has 0 bridgehead atoms. The molecule has 0 fully saturated rings. The minimum Gasteiger partial charge on any atom is -0.312 e. The van der Waals surface area contributed by atoms with Crippen LogP contribution < -0.4 is 5.32 Å². The second-order valence-corrected chi connectivity index (χ2v) is 6.84. The highest BCUT2D eigenvalue weighted by molar-refractivity contribution is 14.1. The first-order valence-electron chi connectivity index (χ1n) is 5.88. The summed E-state index contributed by atoms with van der Waals surface area (Å²) >= 11 is 10.4. The SMILES string of the molecule is CCC(NC)c1ccc(-c2ccc(I)cc2Cl)s1. The predicted octanol–water partition coefficient (Wildman–Crippen LogP) is 5.34. The Bertz CT molecular complexity index is 534. The van der Waals surface area contributed by atoms with Gasteiger partial charge in [-0.1, -0.05) is 24.6 Å². The van der Waals surface area contributed by atoms with Crippen LogP contribution in [0.5, 0.6) is 0 Å². The molecule has 0 amide bonds. The van der Waals surface area contributed by atoms with Gasteiger partial charge in [-0.05, 0) is 60.3 Å². The van der Waals surface area contributed by atoms with Crippen LogP contribution in [0, 0.1) is 3.57 Å². The highest BCUT2D eigenvalue weighted by Crippen LogP contribution is 2.36. The molecule has 0 aliphatic carbocycles. The van der Waals surface area contributed by atoms with Gasteiger partial charge in [0.1, 0.15) is 0 Å². The van der Waals surface area contributed by atoms with Crippen molar-refractivity contribution in [1.29, 1.82) is 0 Å². The van der Waals surface area contributed by atoms with Crippen molar-refractivity contribution in [1.82, 2.24) is 5.32 Å². The van der Waals surface area contributed by atoms with Crippen molar-refractivity contribution in [2.75, 3.05) is 7.05 Å². The Hall–Kier alpha value is -0.100. The number of rotatable bonds is 4. The third-order valence-electron chi connectivity index (χ3n) is 2.92. The van der Waals surface area contributed by atoms with E-state index in [2.05, 4.69) is 59.1 Å². The van der Waals surface area contributed by atoms with E-state index in [1.807, 2.05) is 24.5 Å². The van der Waals surface area contributed by atoms with Gasteiger partial charge in [0.25, 0.3) is 0 Å². The molecule has 18 heavy (non-hydrogen) atoms. The Labute approximate surface area is 131 Å². The lowest BCUT2D eigenvalue weighted by Crippen LogP contribution is -2.13. The van der Waals surface area contributed by atoms with E-state index in [-0.39, 0.29) is 0 Å². The monoisotopic (exact) mass is 391 g/mol. The van der Waals surface area contributed by atoms with E-state index < -0.39 is 0 Å². The number of benzene rings is 1. The zero-order chi connectivity index (χ0) is 13.1. The van der Waals surface area contributed by atoms with Crippen LogP contribution in [-0.2, 0) is 0 Å². The van der Waals surface area contributed by atoms with E-state index in [0.29, 0.717) is 6.04 Å². The normalized spacial score (nSPS) is 12.7. The molecule has 0 aliphatic heterocycles. The number of hydrogen-bond acceptors (Lipinski definition) is 2. The van der Waals surface area contributed by atoms with Crippen molar-refractivity contribution in [3.8, 4) is 10.4 Å². The minimum absolute atomic E-state index is 0.436. The summed E-state index contributed by atoms with van der Waals surface area (Å²) in [5.74, 6) is 0. The molecule has 4 heteroatoms. The Morgan fingerprint density at radius 2 is 2.11 bits per heavy atom. The Balaban J connectivity index is 2.34. The van der Waals surface area contributed by atoms with E-state index in [4.69, 9.17) is 11.6 Å². The summed E-state index contributed by atoms with van der Waals surface area (Å²) in [5, 5.41) is 4.16. The van der Waals surface area contributed by atoms with Crippen molar-refractivity contribution in [2.24, 2.45) is 0 Å². The lowest BCUT2D eigenvalue weighted by molar-refractivity contribution is 0.586. The molecule has 1 atom stereocenters. The molecule has 0 saturated carbocycles. The fourth-order valence-corrected chi connectivity index (χ4v) is 4.18. The first-order chi connectivity index (χ1) is 8.65. The third-order valence-corrected chi connectivity index (χ3v) is 5.14. The Morgan fingerprint density at radius 3 is 2.72 bits per heavy atom. The smallest absolute Gasteiger partial charge is 0.0503 e. The Kier molecular flexibility index (Phi) is 5.06. The average Bonchev–Trinajstić information content (AvgIpc) is 2.80. The standard InChI is InChI=1S/C14H15ClINS/c1-3-12(17-2)14-7-6-13(18-14)10-5-4-9(16)8-11(10)15/h4-8,12,17H,3H2,1-2H3. The van der Waals surface area contributed by atoms with Crippen molar-refractivity contribution < 1.29 is 0 Å². The predicted molar refractivity (Wildman–Crippen MR) is 89.6 cm³/mol. The van der Waals surface area contributed by atoms with Crippen molar-refractivity contribution in [3.05, 3.63) is 43.8 Å². The molecular weight excluding hydrogens is 377 g/mol. The van der Waals surface area contributed by atoms with E-state index in [9.17, 15) is 0 Å². The Morgan fingerprint density at radius 1 is 1.33 bits per heavy atom. The maximum Gasteiger partial charge on any atom is 0.0503 e. The fourth-order valence-electron chi connectivity index (χ4n) is 1.92. The van der Waals surface area contributed by atoms with Crippen LogP contribution in [0.3, 0.4) is 0 Å². The maximum atomic E-state index is 6.31. The van der Waals surface area contributed by atoms with Gasteiger partial charge in [-0.15, -0.1) is 11.3 Å². The zero-order valence-corrected chi connectivity index (χ0v) is 14.1. The first-order valence-corrected chi connectivity index (χ1v) is 8.15. The van der Waals surface area contributed by atoms with Gasteiger partial charge in [-0.3, -0.25) is 0 Å². The molecule has 1 nitrogen and oxygen atoms in total. The molecule has 1 aromatic carbocycles. The largest absolute Gasteiger partial charge is 0.312 e. The topological polar surface area (TPSA) is 12.0 Å². The van der Waals surface area contributed by atoms with Gasteiger partial charge in [0.05, 0.1) is 5.02 Å². The zero-order valence-electron chi connectivity index (χ0n) is 10.3. The molecule has 1 unspecified atom stereocenters. The van der Waals surface area contributed by atoms with Crippen LogP contribution in [0.25, 0.3) is 10.4 Å². The second kappa shape index (κ2) is 6.37. The van der Waals surface area contributed by atoms with Gasteiger partial charge >= 0.3 is 0 Å². The van der Waals surface area contributed by atoms with Crippen molar-refractivity contribution >= 4 is 45.5 Å². The van der Waals surface area contributed by atoms with Crippen LogP contribution in [0.15, 0.2) is 30.3 Å². The van der Waals surface area contributed by atoms with Crippen LogP contribution in [-0.4, -0.2) is 7.05 Å². The summed E-state index contributed by atoms with van der Waals surface area (Å²) in [6.07, 6.45) is 1.09. The molecule has 0 saturated heterocycles. The molecule has 0 spiro atoms. The van der Waals surface area contributed by atoms with Crippen LogP contribution in [0.2, 0.25) is 5.02 Å². The quantitative estimate of drug-likeness (QED) is 0.693. The minimum atomic E-state index is 0.436. The van der Waals surface area contributed by atoms with Gasteiger partial charge in [-0.2, -0.15) is 0 Å². The summed E-state index contributed by atoms with van der Waals surface area (Å²) in [6, 6.07) is 11.0. The second-order valence-electron chi connectivity index (χ2n) is 4.08. The maximum absolute atomic E-state index is 6.31. The van der Waals surface area contributed by atoms with E-state index in [1.165, 1.54) is 13.3 Å². The summed E-state index contributed by atoms with van der Waals surface area (Å²) in [5.41, 5.74) is 1.12. The first kappa shape index (κ1) is 14.3. The number of nitrogens with one attached hydrogen (secondary N) is 1. The highest BCUT2D eigenvalue weighted by Gasteiger charge is 2.12. The van der Waals surface area contributed by atoms with E-state index >= 15 is 0 Å².